The van der Waals surface area contributed by atoms with Crippen LogP contribution in [0.3, 0.4) is 0 Å². The molecule has 0 aliphatic heterocycles. The highest BCUT2D eigenvalue weighted by Gasteiger charge is 2.16. The smallest absolute Gasteiger partial charge is 0.343 e. The number of anilines is 2. The minimum absolute atomic E-state index is 0.0902. The van der Waals surface area contributed by atoms with Gasteiger partial charge in [0.25, 0.3) is 5.91 Å². The SMILES string of the molecule is CC(=O)Nc1ccc(NC(=O)c2cc([N+](=O)[O-])[nH]n2)cc1. The molecule has 2 amide bonds. The normalized spacial score (nSPS) is 9.95. The first-order chi connectivity index (χ1) is 9.95. The minimum Gasteiger partial charge on any atom is -0.358 e. The fourth-order valence-corrected chi connectivity index (χ4v) is 1.56. The number of aromatic nitrogens is 2. The highest BCUT2D eigenvalue weighted by atomic mass is 16.6. The summed E-state index contributed by atoms with van der Waals surface area (Å²) in [4.78, 5) is 32.5. The van der Waals surface area contributed by atoms with Crippen molar-refractivity contribution >= 4 is 29.0 Å². The third kappa shape index (κ3) is 3.62. The number of H-pyrrole nitrogens is 1. The lowest BCUT2D eigenvalue weighted by molar-refractivity contribution is -0.389. The van der Waals surface area contributed by atoms with E-state index in [9.17, 15) is 19.7 Å². The number of rotatable bonds is 4. The number of benzene rings is 1. The maximum Gasteiger partial charge on any atom is 0.343 e. The Morgan fingerprint density at radius 1 is 1.19 bits per heavy atom. The number of carbonyl (C=O) groups excluding carboxylic acids is 2. The van der Waals surface area contributed by atoms with Crippen LogP contribution in [0.15, 0.2) is 30.3 Å². The molecule has 0 fully saturated rings. The molecule has 0 saturated heterocycles. The maximum absolute atomic E-state index is 11.8. The Morgan fingerprint density at radius 2 is 1.76 bits per heavy atom. The molecule has 0 saturated carbocycles. The average molecular weight is 289 g/mol. The van der Waals surface area contributed by atoms with Crippen LogP contribution in [0.2, 0.25) is 0 Å². The summed E-state index contributed by atoms with van der Waals surface area (Å²) in [5.74, 6) is -1.14. The highest BCUT2D eigenvalue weighted by Crippen LogP contribution is 2.15. The highest BCUT2D eigenvalue weighted by molar-refractivity contribution is 6.03. The zero-order chi connectivity index (χ0) is 15.4. The van der Waals surface area contributed by atoms with Crippen LogP contribution in [0.4, 0.5) is 17.2 Å². The van der Waals surface area contributed by atoms with Crippen molar-refractivity contribution in [3.63, 3.8) is 0 Å². The summed E-state index contributed by atoms with van der Waals surface area (Å²) in [6, 6.07) is 7.45. The van der Waals surface area contributed by atoms with Crippen molar-refractivity contribution in [1.82, 2.24) is 10.2 Å². The van der Waals surface area contributed by atoms with Gasteiger partial charge >= 0.3 is 5.82 Å². The molecule has 2 rings (SSSR count). The molecule has 1 aromatic heterocycles. The van der Waals surface area contributed by atoms with Crippen molar-refractivity contribution in [3.8, 4) is 0 Å². The van der Waals surface area contributed by atoms with Gasteiger partial charge in [0.15, 0.2) is 5.69 Å². The van der Waals surface area contributed by atoms with Crippen LogP contribution in [0, 0.1) is 10.1 Å². The number of aromatic amines is 1. The minimum atomic E-state index is -0.675. The lowest BCUT2D eigenvalue weighted by atomic mass is 10.2. The third-order valence-corrected chi connectivity index (χ3v) is 2.46. The van der Waals surface area contributed by atoms with Crippen LogP contribution >= 0.6 is 0 Å². The second-order valence-electron chi connectivity index (χ2n) is 4.11. The summed E-state index contributed by atoms with van der Waals surface area (Å²) in [5, 5.41) is 21.3. The van der Waals surface area contributed by atoms with Crippen molar-refractivity contribution in [2.24, 2.45) is 0 Å². The van der Waals surface area contributed by atoms with E-state index in [1.165, 1.54) is 6.92 Å². The lowest BCUT2D eigenvalue weighted by Gasteiger charge is -2.05. The van der Waals surface area contributed by atoms with Gasteiger partial charge in [0.2, 0.25) is 5.91 Å². The van der Waals surface area contributed by atoms with Crippen LogP contribution in [0.25, 0.3) is 0 Å². The van der Waals surface area contributed by atoms with E-state index in [-0.39, 0.29) is 17.4 Å². The van der Waals surface area contributed by atoms with Gasteiger partial charge < -0.3 is 20.7 Å². The second kappa shape index (κ2) is 5.82. The van der Waals surface area contributed by atoms with Crippen LogP contribution in [-0.4, -0.2) is 26.9 Å². The molecular weight excluding hydrogens is 278 g/mol. The quantitative estimate of drug-likeness (QED) is 0.580. The van der Waals surface area contributed by atoms with Crippen molar-refractivity contribution in [3.05, 3.63) is 46.1 Å². The predicted molar refractivity (Wildman–Crippen MR) is 73.9 cm³/mol. The van der Waals surface area contributed by atoms with E-state index >= 15 is 0 Å². The first-order valence-electron chi connectivity index (χ1n) is 5.84. The fourth-order valence-electron chi connectivity index (χ4n) is 1.56. The first-order valence-corrected chi connectivity index (χ1v) is 5.84. The largest absolute Gasteiger partial charge is 0.358 e. The van der Waals surface area contributed by atoms with E-state index < -0.39 is 10.8 Å². The Bertz CT molecular complexity index is 692. The molecule has 9 heteroatoms. The van der Waals surface area contributed by atoms with E-state index in [4.69, 9.17) is 0 Å². The molecule has 0 radical (unpaired) electrons. The van der Waals surface area contributed by atoms with E-state index in [1.807, 2.05) is 0 Å². The molecule has 0 bridgehead atoms. The van der Waals surface area contributed by atoms with E-state index in [0.717, 1.165) is 6.07 Å². The monoisotopic (exact) mass is 289 g/mol. The van der Waals surface area contributed by atoms with Crippen LogP contribution in [0.1, 0.15) is 17.4 Å². The third-order valence-electron chi connectivity index (χ3n) is 2.46. The van der Waals surface area contributed by atoms with Gasteiger partial charge in [-0.25, -0.2) is 0 Å². The zero-order valence-corrected chi connectivity index (χ0v) is 10.9. The first kappa shape index (κ1) is 14.2. The van der Waals surface area contributed by atoms with Crippen molar-refractivity contribution in [1.29, 1.82) is 0 Å². The number of hydrogen-bond acceptors (Lipinski definition) is 5. The van der Waals surface area contributed by atoms with Gasteiger partial charge in [-0.15, -0.1) is 5.10 Å². The van der Waals surface area contributed by atoms with Gasteiger partial charge in [-0.3, -0.25) is 9.59 Å². The molecule has 0 atom stereocenters. The molecule has 0 spiro atoms. The van der Waals surface area contributed by atoms with Gasteiger partial charge in [0.05, 0.1) is 6.07 Å². The van der Waals surface area contributed by atoms with E-state index in [2.05, 4.69) is 20.8 Å². The van der Waals surface area contributed by atoms with Gasteiger partial charge in [-0.2, -0.15) is 0 Å². The summed E-state index contributed by atoms with van der Waals surface area (Å²) < 4.78 is 0. The number of nitrogens with one attached hydrogen (secondary N) is 3. The molecule has 1 heterocycles. The van der Waals surface area contributed by atoms with Crippen LogP contribution < -0.4 is 10.6 Å². The summed E-state index contributed by atoms with van der Waals surface area (Å²) in [7, 11) is 0. The van der Waals surface area contributed by atoms with Crippen molar-refractivity contribution in [2.45, 2.75) is 6.92 Å². The number of hydrogen-bond donors (Lipinski definition) is 3. The second-order valence-corrected chi connectivity index (χ2v) is 4.11. The summed E-state index contributed by atoms with van der Waals surface area (Å²) in [6.07, 6.45) is 0. The zero-order valence-electron chi connectivity index (χ0n) is 10.9. The molecule has 21 heavy (non-hydrogen) atoms. The van der Waals surface area contributed by atoms with E-state index in [0.29, 0.717) is 11.4 Å². The molecule has 0 aliphatic rings. The summed E-state index contributed by atoms with van der Waals surface area (Å²) in [6.45, 7) is 1.39. The molecule has 108 valence electrons. The molecule has 1 aromatic carbocycles. The van der Waals surface area contributed by atoms with Gasteiger partial charge in [-0.1, -0.05) is 5.10 Å². The van der Waals surface area contributed by atoms with E-state index in [1.54, 1.807) is 24.3 Å². The molecular formula is C12H11N5O4. The Kier molecular flexibility index (Phi) is 3.93. The molecule has 0 aliphatic carbocycles. The number of carbonyl (C=O) groups is 2. The average Bonchev–Trinajstić information content (AvgIpc) is 2.90. The summed E-state index contributed by atoms with van der Waals surface area (Å²) >= 11 is 0. The van der Waals surface area contributed by atoms with Crippen molar-refractivity contribution < 1.29 is 14.5 Å². The Labute approximate surface area is 118 Å². The fraction of sp³-hybridized carbons (Fsp3) is 0.0833. The van der Waals surface area contributed by atoms with Crippen LogP contribution in [0.5, 0.6) is 0 Å². The molecule has 0 unspecified atom stereocenters. The number of nitro groups is 1. The van der Waals surface area contributed by atoms with Gasteiger partial charge in [0, 0.05) is 18.3 Å². The molecule has 9 nitrogen and oxygen atoms in total. The Morgan fingerprint density at radius 3 is 2.24 bits per heavy atom. The predicted octanol–water partition coefficient (Wildman–Crippen LogP) is 1.53. The maximum atomic E-state index is 11.8. The number of amides is 2. The van der Waals surface area contributed by atoms with Crippen LogP contribution in [-0.2, 0) is 4.79 Å². The Hall–Kier alpha value is -3.23. The topological polar surface area (TPSA) is 130 Å². The summed E-state index contributed by atoms with van der Waals surface area (Å²) in [5.41, 5.74) is 0.975. The molecule has 2 aromatic rings. The number of nitrogens with zero attached hydrogens (tertiary/aromatic N) is 2. The standard InChI is InChI=1S/C12H11N5O4/c1-7(18)13-8-2-4-9(5-3-8)14-12(19)10-6-11(16-15-10)17(20)21/h2-6H,1H3,(H,13,18)(H,14,19)(H,15,16). The van der Waals surface area contributed by atoms with Crippen molar-refractivity contribution in [2.75, 3.05) is 10.6 Å². The van der Waals surface area contributed by atoms with Gasteiger partial charge in [-0.05, 0) is 29.2 Å². The Balaban J connectivity index is 2.04. The van der Waals surface area contributed by atoms with Gasteiger partial charge in [0.1, 0.15) is 0 Å². The lowest BCUT2D eigenvalue weighted by Crippen LogP contribution is -2.12. The molecule has 3 N–H and O–H groups in total.